The molecule has 3 unspecified atom stereocenters. The van der Waals surface area contributed by atoms with Crippen LogP contribution in [-0.2, 0) is 6.42 Å². The second-order valence-corrected chi connectivity index (χ2v) is 8.86. The van der Waals surface area contributed by atoms with Crippen LogP contribution in [0.2, 0.25) is 0 Å². The molecule has 0 N–H and O–H groups in total. The van der Waals surface area contributed by atoms with Crippen LogP contribution in [0.1, 0.15) is 46.1 Å². The quantitative estimate of drug-likeness (QED) is 0.508. The largest absolute Gasteiger partial charge is 0.486 e. The minimum absolute atomic E-state index is 0.528. The highest BCUT2D eigenvalue weighted by atomic mass is 16.6. The van der Waals surface area contributed by atoms with Crippen LogP contribution in [0.3, 0.4) is 0 Å². The van der Waals surface area contributed by atoms with Gasteiger partial charge in [0, 0.05) is 0 Å². The van der Waals surface area contributed by atoms with Crippen molar-refractivity contribution in [1.29, 1.82) is 0 Å². The van der Waals surface area contributed by atoms with Crippen molar-refractivity contribution in [2.75, 3.05) is 13.2 Å². The lowest BCUT2D eigenvalue weighted by Crippen LogP contribution is -2.24. The highest BCUT2D eigenvalue weighted by Crippen LogP contribution is 2.54. The Balaban J connectivity index is 1.41. The van der Waals surface area contributed by atoms with E-state index >= 15 is 0 Å². The van der Waals surface area contributed by atoms with Crippen LogP contribution in [0.25, 0.3) is 5.57 Å². The molecule has 0 saturated heterocycles. The number of hydrogen-bond acceptors (Lipinski definition) is 2. The fourth-order valence-electron chi connectivity index (χ4n) is 5.57. The Morgan fingerprint density at radius 2 is 1.57 bits per heavy atom. The zero-order chi connectivity index (χ0) is 20.1. The standard InChI is InChI=1S/C28H26O2/c1-18-6-8-19(9-7-18)24-14-21-4-2-3-5-23(21)25-15-22(16-26(24)25)20-10-11-27-28(17-20)30-13-12-29-27/h2-11,16-17,24-26H,12-15H2,1H3. The number of benzene rings is 3. The van der Waals surface area contributed by atoms with Gasteiger partial charge in [-0.2, -0.15) is 0 Å². The molecular weight excluding hydrogens is 368 g/mol. The lowest BCUT2D eigenvalue weighted by molar-refractivity contribution is 0.171. The molecule has 0 amide bonds. The van der Waals surface area contributed by atoms with E-state index in [1.807, 2.05) is 0 Å². The van der Waals surface area contributed by atoms with Crippen molar-refractivity contribution in [1.82, 2.24) is 0 Å². The Morgan fingerprint density at radius 3 is 2.43 bits per heavy atom. The summed E-state index contributed by atoms with van der Waals surface area (Å²) in [5.41, 5.74) is 8.55. The van der Waals surface area contributed by atoms with E-state index in [1.165, 1.54) is 33.4 Å². The highest BCUT2D eigenvalue weighted by Gasteiger charge is 2.40. The normalized spacial score (nSPS) is 24.0. The molecule has 0 bridgehead atoms. The Kier molecular flexibility index (Phi) is 4.19. The lowest BCUT2D eigenvalue weighted by Gasteiger charge is -2.36. The van der Waals surface area contributed by atoms with Gasteiger partial charge in [-0.25, -0.2) is 0 Å². The predicted octanol–water partition coefficient (Wildman–Crippen LogP) is 6.29. The van der Waals surface area contributed by atoms with E-state index in [4.69, 9.17) is 9.47 Å². The van der Waals surface area contributed by atoms with Crippen LogP contribution in [0.15, 0.2) is 72.8 Å². The van der Waals surface area contributed by atoms with Gasteiger partial charge < -0.3 is 9.47 Å². The van der Waals surface area contributed by atoms with Gasteiger partial charge in [0.05, 0.1) is 0 Å². The van der Waals surface area contributed by atoms with Crippen molar-refractivity contribution >= 4 is 5.57 Å². The molecule has 0 spiro atoms. The average Bonchev–Trinajstić information content (AvgIpc) is 3.25. The van der Waals surface area contributed by atoms with Gasteiger partial charge >= 0.3 is 0 Å². The molecule has 0 saturated carbocycles. The maximum atomic E-state index is 5.85. The number of aryl methyl sites for hydroxylation is 1. The molecule has 3 aromatic rings. The van der Waals surface area contributed by atoms with Gasteiger partial charge in [-0.05, 0) is 77.5 Å². The van der Waals surface area contributed by atoms with E-state index in [0.29, 0.717) is 31.0 Å². The monoisotopic (exact) mass is 394 g/mol. The summed E-state index contributed by atoms with van der Waals surface area (Å²) in [6.45, 7) is 3.43. The molecule has 6 rings (SSSR count). The topological polar surface area (TPSA) is 18.5 Å². The lowest BCUT2D eigenvalue weighted by atomic mass is 9.68. The van der Waals surface area contributed by atoms with Gasteiger partial charge in [-0.3, -0.25) is 0 Å². The Morgan fingerprint density at radius 1 is 0.767 bits per heavy atom. The fourth-order valence-corrected chi connectivity index (χ4v) is 5.57. The van der Waals surface area contributed by atoms with Crippen molar-refractivity contribution in [2.45, 2.75) is 31.6 Å². The molecule has 0 aromatic heterocycles. The third-order valence-electron chi connectivity index (χ3n) is 7.08. The third kappa shape index (κ3) is 2.94. The molecule has 3 aliphatic rings. The Labute approximate surface area is 178 Å². The summed E-state index contributed by atoms with van der Waals surface area (Å²) >= 11 is 0. The molecule has 3 aromatic carbocycles. The number of allylic oxidation sites excluding steroid dienone is 2. The zero-order valence-corrected chi connectivity index (χ0v) is 17.3. The number of ether oxygens (including phenoxy) is 2. The van der Waals surface area contributed by atoms with E-state index in [0.717, 1.165) is 24.3 Å². The molecule has 150 valence electrons. The number of fused-ring (bicyclic) bond motifs is 4. The molecule has 2 nitrogen and oxygen atoms in total. The van der Waals surface area contributed by atoms with Crippen LogP contribution in [-0.4, -0.2) is 13.2 Å². The second-order valence-electron chi connectivity index (χ2n) is 8.86. The van der Waals surface area contributed by atoms with Gasteiger partial charge in [-0.15, -0.1) is 0 Å². The highest BCUT2D eigenvalue weighted by molar-refractivity contribution is 5.72. The number of rotatable bonds is 2. The first-order chi connectivity index (χ1) is 14.8. The minimum atomic E-state index is 0.528. The summed E-state index contributed by atoms with van der Waals surface area (Å²) < 4.78 is 11.6. The van der Waals surface area contributed by atoms with Crippen molar-refractivity contribution in [3.8, 4) is 11.5 Å². The molecule has 3 atom stereocenters. The van der Waals surface area contributed by atoms with Gasteiger partial charge in [0.1, 0.15) is 13.2 Å². The summed E-state index contributed by atoms with van der Waals surface area (Å²) in [6, 6.07) is 24.7. The van der Waals surface area contributed by atoms with E-state index in [9.17, 15) is 0 Å². The first-order valence-corrected chi connectivity index (χ1v) is 11.0. The summed E-state index contributed by atoms with van der Waals surface area (Å²) in [5.74, 6) is 3.35. The number of hydrogen-bond donors (Lipinski definition) is 0. The third-order valence-corrected chi connectivity index (χ3v) is 7.08. The Bertz CT molecular complexity index is 1130. The van der Waals surface area contributed by atoms with E-state index < -0.39 is 0 Å². The first-order valence-electron chi connectivity index (χ1n) is 11.0. The van der Waals surface area contributed by atoms with E-state index in [-0.39, 0.29) is 0 Å². The molecule has 30 heavy (non-hydrogen) atoms. The van der Waals surface area contributed by atoms with Gasteiger partial charge in [0.15, 0.2) is 11.5 Å². The minimum Gasteiger partial charge on any atom is -0.486 e. The van der Waals surface area contributed by atoms with Crippen molar-refractivity contribution < 1.29 is 9.47 Å². The smallest absolute Gasteiger partial charge is 0.161 e. The predicted molar refractivity (Wildman–Crippen MR) is 120 cm³/mol. The zero-order valence-electron chi connectivity index (χ0n) is 17.3. The molecule has 2 aliphatic carbocycles. The summed E-state index contributed by atoms with van der Waals surface area (Å²) in [6.07, 6.45) is 4.76. The molecule has 0 fully saturated rings. The van der Waals surface area contributed by atoms with Crippen LogP contribution in [0, 0.1) is 12.8 Å². The van der Waals surface area contributed by atoms with Crippen molar-refractivity contribution in [3.63, 3.8) is 0 Å². The fraction of sp³-hybridized carbons (Fsp3) is 0.286. The summed E-state index contributed by atoms with van der Waals surface area (Å²) in [7, 11) is 0. The van der Waals surface area contributed by atoms with Crippen LogP contribution >= 0.6 is 0 Å². The SMILES string of the molecule is Cc1ccc(C2Cc3ccccc3C3CC(c4ccc5c(c4)OCCO5)=CC23)cc1. The van der Waals surface area contributed by atoms with Crippen molar-refractivity contribution in [2.24, 2.45) is 5.92 Å². The van der Waals surface area contributed by atoms with Crippen LogP contribution in [0.4, 0.5) is 0 Å². The maximum Gasteiger partial charge on any atom is 0.161 e. The second kappa shape index (κ2) is 7.05. The van der Waals surface area contributed by atoms with Crippen molar-refractivity contribution in [3.05, 3.63) is 101 Å². The molecule has 0 radical (unpaired) electrons. The van der Waals surface area contributed by atoms with E-state index in [2.05, 4.69) is 79.7 Å². The van der Waals surface area contributed by atoms with Crippen LogP contribution < -0.4 is 9.47 Å². The summed E-state index contributed by atoms with van der Waals surface area (Å²) in [5, 5.41) is 0. The summed E-state index contributed by atoms with van der Waals surface area (Å²) in [4.78, 5) is 0. The van der Waals surface area contributed by atoms with Gasteiger partial charge in [-0.1, -0.05) is 66.2 Å². The molecule has 2 heteroatoms. The Hall–Kier alpha value is -3.00. The van der Waals surface area contributed by atoms with Gasteiger partial charge in [0.25, 0.3) is 0 Å². The molecule has 1 heterocycles. The molecule has 1 aliphatic heterocycles. The molecular formula is C28H26O2. The first kappa shape index (κ1) is 17.8. The van der Waals surface area contributed by atoms with Gasteiger partial charge in [0.2, 0.25) is 0 Å². The van der Waals surface area contributed by atoms with Crippen LogP contribution in [0.5, 0.6) is 11.5 Å². The van der Waals surface area contributed by atoms with E-state index in [1.54, 1.807) is 0 Å². The average molecular weight is 395 g/mol. The maximum absolute atomic E-state index is 5.85.